The van der Waals surface area contributed by atoms with Gasteiger partial charge in [-0.25, -0.2) is 0 Å². The van der Waals surface area contributed by atoms with E-state index < -0.39 is 6.10 Å². The van der Waals surface area contributed by atoms with Crippen LogP contribution in [-0.4, -0.2) is 28.2 Å². The van der Waals surface area contributed by atoms with E-state index >= 15 is 0 Å². The zero-order valence-corrected chi connectivity index (χ0v) is 8.30. The van der Waals surface area contributed by atoms with E-state index in [-0.39, 0.29) is 5.91 Å². The van der Waals surface area contributed by atoms with E-state index in [4.69, 9.17) is 4.74 Å². The molecule has 1 N–H and O–H groups in total. The largest absolute Gasteiger partial charge is 0.369 e. The predicted octanol–water partition coefficient (Wildman–Crippen LogP) is 0.902. The van der Waals surface area contributed by atoms with E-state index in [1.807, 2.05) is 6.92 Å². The van der Waals surface area contributed by atoms with Crippen LogP contribution in [0.2, 0.25) is 0 Å². The highest BCUT2D eigenvalue weighted by molar-refractivity contribution is 7.10. The fraction of sp³-hybridized carbons (Fsp3) is 0.571. The van der Waals surface area contributed by atoms with Crippen LogP contribution >= 0.6 is 11.5 Å². The molecule has 0 radical (unpaired) electrons. The number of nitrogens with zero attached hydrogens (tertiary/aromatic N) is 2. The summed E-state index contributed by atoms with van der Waals surface area (Å²) in [5.41, 5.74) is 0. The van der Waals surface area contributed by atoms with Crippen LogP contribution in [0.3, 0.4) is 0 Å². The molecule has 6 heteroatoms. The summed E-state index contributed by atoms with van der Waals surface area (Å²) in [4.78, 5) is 11.3. The van der Waals surface area contributed by atoms with Crippen LogP contribution in [0.5, 0.6) is 0 Å². The maximum Gasteiger partial charge on any atom is 0.253 e. The van der Waals surface area contributed by atoms with Crippen molar-refractivity contribution in [3.8, 4) is 0 Å². The molecule has 0 saturated carbocycles. The Balaban J connectivity index is 2.41. The van der Waals surface area contributed by atoms with Gasteiger partial charge in [-0.3, -0.25) is 4.79 Å². The van der Waals surface area contributed by atoms with E-state index in [9.17, 15) is 4.79 Å². The topological polar surface area (TPSA) is 64.1 Å². The standard InChI is InChI=1S/C7H11N3O2S/c1-3-12-5(2)7(11)9-6-4-8-10-13-6/h4-5H,3H2,1-2H3,(H,9,11). The highest BCUT2D eigenvalue weighted by atomic mass is 32.1. The van der Waals surface area contributed by atoms with Crippen molar-refractivity contribution in [2.75, 3.05) is 11.9 Å². The molecule has 5 nitrogen and oxygen atoms in total. The first-order valence-corrected chi connectivity index (χ1v) is 4.71. The number of carbonyl (C=O) groups is 1. The summed E-state index contributed by atoms with van der Waals surface area (Å²) in [6, 6.07) is 0. The lowest BCUT2D eigenvalue weighted by Crippen LogP contribution is -2.27. The number of amides is 1. The molecule has 0 aliphatic rings. The normalized spacial score (nSPS) is 12.5. The number of rotatable bonds is 4. The van der Waals surface area contributed by atoms with Gasteiger partial charge in [0.15, 0.2) is 0 Å². The maximum atomic E-state index is 11.3. The van der Waals surface area contributed by atoms with Crippen molar-refractivity contribution in [2.24, 2.45) is 0 Å². The second kappa shape index (κ2) is 4.88. The van der Waals surface area contributed by atoms with Crippen molar-refractivity contribution in [1.29, 1.82) is 0 Å². The van der Waals surface area contributed by atoms with Gasteiger partial charge in [-0.1, -0.05) is 4.49 Å². The van der Waals surface area contributed by atoms with E-state index in [0.717, 1.165) is 11.5 Å². The molecule has 1 rings (SSSR count). The minimum Gasteiger partial charge on any atom is -0.369 e. The quantitative estimate of drug-likeness (QED) is 0.786. The van der Waals surface area contributed by atoms with E-state index in [0.29, 0.717) is 11.6 Å². The summed E-state index contributed by atoms with van der Waals surface area (Å²) in [5.74, 6) is -0.173. The van der Waals surface area contributed by atoms with Crippen molar-refractivity contribution in [2.45, 2.75) is 20.0 Å². The lowest BCUT2D eigenvalue weighted by atomic mass is 10.4. The summed E-state index contributed by atoms with van der Waals surface area (Å²) in [6.45, 7) is 4.07. The number of hydrogen-bond acceptors (Lipinski definition) is 5. The minimum absolute atomic E-state index is 0.173. The van der Waals surface area contributed by atoms with Gasteiger partial charge in [0.2, 0.25) is 0 Å². The summed E-state index contributed by atoms with van der Waals surface area (Å²) < 4.78 is 8.72. The molecule has 1 heterocycles. The average molecular weight is 201 g/mol. The van der Waals surface area contributed by atoms with E-state index in [2.05, 4.69) is 14.9 Å². The first-order chi connectivity index (χ1) is 6.24. The summed E-state index contributed by atoms with van der Waals surface area (Å²) in [7, 11) is 0. The molecule has 0 fully saturated rings. The average Bonchev–Trinajstić information content (AvgIpc) is 2.57. The molecule has 1 amide bonds. The smallest absolute Gasteiger partial charge is 0.253 e. The summed E-state index contributed by atoms with van der Waals surface area (Å²) >= 11 is 1.14. The Hall–Kier alpha value is -1.01. The Labute approximate surface area is 80.3 Å². The van der Waals surface area contributed by atoms with Gasteiger partial charge in [-0.05, 0) is 13.8 Å². The predicted molar refractivity (Wildman–Crippen MR) is 49.6 cm³/mol. The van der Waals surface area contributed by atoms with Gasteiger partial charge in [0, 0.05) is 18.1 Å². The van der Waals surface area contributed by atoms with Crippen molar-refractivity contribution in [3.05, 3.63) is 6.20 Å². The molecule has 1 unspecified atom stereocenters. The first kappa shape index (κ1) is 10.1. The van der Waals surface area contributed by atoms with Crippen LogP contribution in [0.4, 0.5) is 5.00 Å². The lowest BCUT2D eigenvalue weighted by molar-refractivity contribution is -0.126. The molecule has 0 aromatic carbocycles. The van der Waals surface area contributed by atoms with Crippen molar-refractivity contribution >= 4 is 22.4 Å². The van der Waals surface area contributed by atoms with Crippen molar-refractivity contribution < 1.29 is 9.53 Å². The highest BCUT2D eigenvalue weighted by Crippen LogP contribution is 2.09. The third-order valence-electron chi connectivity index (χ3n) is 1.39. The van der Waals surface area contributed by atoms with Crippen LogP contribution in [-0.2, 0) is 9.53 Å². The van der Waals surface area contributed by atoms with Crippen LogP contribution < -0.4 is 5.32 Å². The number of ether oxygens (including phenoxy) is 1. The van der Waals surface area contributed by atoms with Gasteiger partial charge >= 0.3 is 0 Å². The second-order valence-corrected chi connectivity index (χ2v) is 3.15. The SMILES string of the molecule is CCOC(C)C(=O)Nc1cnns1. The third-order valence-corrected chi connectivity index (χ3v) is 1.97. The van der Waals surface area contributed by atoms with Gasteiger partial charge in [-0.2, -0.15) is 0 Å². The number of anilines is 1. The fourth-order valence-electron chi connectivity index (χ4n) is 0.771. The number of hydrogen-bond donors (Lipinski definition) is 1. The number of carbonyl (C=O) groups excluding carboxylic acids is 1. The zero-order chi connectivity index (χ0) is 9.68. The molecule has 13 heavy (non-hydrogen) atoms. The Bertz CT molecular complexity index is 263. The molecular formula is C7H11N3O2S. The molecule has 72 valence electrons. The molecule has 0 aliphatic carbocycles. The van der Waals surface area contributed by atoms with E-state index in [1.54, 1.807) is 6.92 Å². The Morgan fingerprint density at radius 1 is 1.85 bits per heavy atom. The van der Waals surface area contributed by atoms with E-state index in [1.165, 1.54) is 6.20 Å². The second-order valence-electron chi connectivity index (χ2n) is 2.37. The number of nitrogens with one attached hydrogen (secondary N) is 1. The Morgan fingerprint density at radius 2 is 2.62 bits per heavy atom. The van der Waals surface area contributed by atoms with Crippen molar-refractivity contribution in [1.82, 2.24) is 9.59 Å². The summed E-state index contributed by atoms with van der Waals surface area (Å²) in [6.07, 6.45) is 1.06. The zero-order valence-electron chi connectivity index (χ0n) is 7.48. The minimum atomic E-state index is -0.438. The molecule has 1 aromatic heterocycles. The molecule has 1 aromatic rings. The van der Waals surface area contributed by atoms with Gasteiger partial charge in [0.1, 0.15) is 11.1 Å². The lowest BCUT2D eigenvalue weighted by Gasteiger charge is -2.09. The molecule has 0 aliphatic heterocycles. The van der Waals surface area contributed by atoms with Crippen LogP contribution in [0.1, 0.15) is 13.8 Å². The number of aromatic nitrogens is 2. The van der Waals surface area contributed by atoms with Gasteiger partial charge in [-0.15, -0.1) is 5.10 Å². The Kier molecular flexibility index (Phi) is 3.78. The molecule has 0 spiro atoms. The first-order valence-electron chi connectivity index (χ1n) is 3.94. The molecule has 0 bridgehead atoms. The third kappa shape index (κ3) is 3.08. The highest BCUT2D eigenvalue weighted by Gasteiger charge is 2.13. The summed E-state index contributed by atoms with van der Waals surface area (Å²) in [5, 5.41) is 6.87. The fourth-order valence-corrected chi connectivity index (χ4v) is 1.19. The maximum absolute atomic E-state index is 11.3. The monoisotopic (exact) mass is 201 g/mol. The van der Waals surface area contributed by atoms with Crippen LogP contribution in [0.15, 0.2) is 6.20 Å². The van der Waals surface area contributed by atoms with Crippen LogP contribution in [0.25, 0.3) is 0 Å². The molecular weight excluding hydrogens is 190 g/mol. The Morgan fingerprint density at radius 3 is 3.15 bits per heavy atom. The molecule has 0 saturated heterocycles. The molecule has 1 atom stereocenters. The van der Waals surface area contributed by atoms with Crippen molar-refractivity contribution in [3.63, 3.8) is 0 Å². The van der Waals surface area contributed by atoms with Gasteiger partial charge in [0.05, 0.1) is 6.20 Å². The van der Waals surface area contributed by atoms with Gasteiger partial charge < -0.3 is 10.1 Å². The van der Waals surface area contributed by atoms with Gasteiger partial charge in [0.25, 0.3) is 5.91 Å². The van der Waals surface area contributed by atoms with Crippen LogP contribution in [0, 0.1) is 0 Å².